The van der Waals surface area contributed by atoms with Crippen LogP contribution in [0.25, 0.3) is 0 Å². The third-order valence-electron chi connectivity index (χ3n) is 10.3. The van der Waals surface area contributed by atoms with Crippen LogP contribution in [0.1, 0.15) is 117 Å². The van der Waals surface area contributed by atoms with Gasteiger partial charge in [0.05, 0.1) is 11.1 Å². The second-order valence-electron chi connectivity index (χ2n) is 18.1. The number of halogens is 1. The van der Waals surface area contributed by atoms with Gasteiger partial charge in [0.1, 0.15) is 11.2 Å². The number of carbonyl (C=O) groups is 4. The molecule has 3 N–H and O–H groups in total. The van der Waals surface area contributed by atoms with Gasteiger partial charge in [0.15, 0.2) is 0 Å². The van der Waals surface area contributed by atoms with Gasteiger partial charge in [0.2, 0.25) is 11.8 Å². The highest BCUT2D eigenvalue weighted by Crippen LogP contribution is 2.46. The van der Waals surface area contributed by atoms with Crippen molar-refractivity contribution in [2.24, 2.45) is 0 Å². The number of carbonyl (C=O) groups excluding carboxylic acids is 4. The summed E-state index contributed by atoms with van der Waals surface area (Å²) in [4.78, 5) is 52.4. The van der Waals surface area contributed by atoms with Gasteiger partial charge < -0.3 is 35.2 Å². The molecule has 0 unspecified atom stereocenters. The summed E-state index contributed by atoms with van der Waals surface area (Å²) >= 11 is 5.72. The van der Waals surface area contributed by atoms with Crippen molar-refractivity contribution in [1.29, 1.82) is 0 Å². The first kappa shape index (κ1) is 45.8. The predicted octanol–water partition coefficient (Wildman–Crippen LogP) is 7.02. The van der Waals surface area contributed by atoms with Gasteiger partial charge in [0, 0.05) is 77.6 Å². The predicted molar refractivity (Wildman–Crippen MR) is 225 cm³/mol. The number of hydrogen-bond donors (Lipinski definition) is 3. The molecular formula is C44H67ClN6O6. The zero-order valence-corrected chi connectivity index (χ0v) is 36.7. The molecule has 12 nitrogen and oxygen atoms in total. The van der Waals surface area contributed by atoms with Crippen LogP contribution >= 0.6 is 11.6 Å². The van der Waals surface area contributed by atoms with Gasteiger partial charge in [0.25, 0.3) is 0 Å². The quantitative estimate of drug-likeness (QED) is 0.255. The number of rotatable bonds is 7. The lowest BCUT2D eigenvalue weighted by atomic mass is 10.0. The van der Waals surface area contributed by atoms with Crippen molar-refractivity contribution in [3.05, 3.63) is 70.8 Å². The Kier molecular flexibility index (Phi) is 15.5. The average Bonchev–Trinajstić information content (AvgIpc) is 4.06. The average molecular weight is 812 g/mol. The van der Waals surface area contributed by atoms with Gasteiger partial charge >= 0.3 is 12.2 Å². The number of nitrogens with zero attached hydrogens (tertiary/aromatic N) is 3. The summed E-state index contributed by atoms with van der Waals surface area (Å²) in [6.07, 6.45) is 3.66. The van der Waals surface area contributed by atoms with Crippen LogP contribution in [-0.4, -0.2) is 101 Å². The van der Waals surface area contributed by atoms with Crippen LogP contribution < -0.4 is 16.0 Å². The maximum Gasteiger partial charge on any atom is 0.410 e. The highest BCUT2D eigenvalue weighted by atomic mass is 35.5. The monoisotopic (exact) mass is 810 g/mol. The van der Waals surface area contributed by atoms with E-state index in [9.17, 15) is 19.2 Å². The third kappa shape index (κ3) is 14.5. The van der Waals surface area contributed by atoms with E-state index >= 15 is 0 Å². The second-order valence-corrected chi connectivity index (χ2v) is 18.3. The van der Waals surface area contributed by atoms with E-state index in [4.69, 9.17) is 21.1 Å². The molecule has 2 saturated heterocycles. The molecule has 6 rings (SSSR count). The number of benzene rings is 2. The van der Waals surface area contributed by atoms with Crippen molar-refractivity contribution in [2.45, 2.75) is 142 Å². The number of alkyl halides is 1. The fraction of sp³-hybridized carbons (Fsp3) is 0.636. The maximum absolute atomic E-state index is 12.3. The largest absolute Gasteiger partial charge is 0.444 e. The van der Waals surface area contributed by atoms with E-state index in [1.807, 2.05) is 53.7 Å². The number of hydrogen-bond acceptors (Lipinski definition) is 8. The van der Waals surface area contributed by atoms with E-state index < -0.39 is 11.2 Å². The molecule has 4 aliphatic rings. The van der Waals surface area contributed by atoms with Crippen LogP contribution in [0.5, 0.6) is 0 Å². The van der Waals surface area contributed by atoms with Crippen molar-refractivity contribution < 1.29 is 28.7 Å². The lowest BCUT2D eigenvalue weighted by Crippen LogP contribution is -2.54. The smallest absolute Gasteiger partial charge is 0.410 e. The first-order valence-electron chi connectivity index (χ1n) is 20.4. The Balaban J connectivity index is 0.000000209. The SMILES string of the molecule is CC(=O)NC1(c2ccc(CCl)cc2)CC1.CC(=O)NC1(c2ccc(CN3CCN(C(=O)OC(C)(C)C)C[C@H]3C)cc2)CC1.C[C@@H]1CN(C(=O)OC(C)(C)C)CCN1. The molecule has 0 radical (unpaired) electrons. The zero-order chi connectivity index (χ0) is 42.2. The second kappa shape index (κ2) is 19.3. The number of piperazine rings is 2. The lowest BCUT2D eigenvalue weighted by molar-refractivity contribution is -0.120. The Morgan fingerprint density at radius 2 is 1.14 bits per heavy atom. The number of nitrogens with one attached hydrogen (secondary N) is 3. The fourth-order valence-corrected chi connectivity index (χ4v) is 7.30. The van der Waals surface area contributed by atoms with E-state index in [0.29, 0.717) is 25.0 Å². The van der Waals surface area contributed by atoms with Crippen LogP contribution in [0.15, 0.2) is 48.5 Å². The Morgan fingerprint density at radius 3 is 1.51 bits per heavy atom. The minimum atomic E-state index is -0.463. The Labute approximate surface area is 345 Å². The van der Waals surface area contributed by atoms with Gasteiger partial charge in [-0.3, -0.25) is 14.5 Å². The minimum absolute atomic E-state index is 0.0262. The van der Waals surface area contributed by atoms with Gasteiger partial charge in [-0.2, -0.15) is 0 Å². The third-order valence-corrected chi connectivity index (χ3v) is 10.6. The van der Waals surface area contributed by atoms with Crippen LogP contribution in [0.4, 0.5) is 9.59 Å². The molecule has 2 heterocycles. The fourth-order valence-electron chi connectivity index (χ4n) is 7.12. The number of amides is 4. The standard InChI is InChI=1S/C22H33N3O3.C12H14ClNO.C10H20N2O2/c1-16-14-25(20(27)28-21(3,4)5)13-12-24(16)15-18-6-8-19(9-7-18)22(10-11-22)23-17(2)26;1-9(15)14-12(6-7-12)11-4-2-10(8-13)3-5-11;1-8-7-12(6-5-11-8)9(13)14-10(2,3)4/h6-9,16H,10-15H2,1-5H3,(H,23,26);2-5H,6-8H2,1H3,(H,14,15);8,11H,5-7H2,1-4H3/t16-;;8-/m1.1/s1. The summed E-state index contributed by atoms with van der Waals surface area (Å²) in [6.45, 7) is 24.1. The molecule has 0 bridgehead atoms. The Bertz CT molecular complexity index is 1660. The van der Waals surface area contributed by atoms with Crippen molar-refractivity contribution in [2.75, 3.05) is 39.3 Å². The first-order valence-corrected chi connectivity index (χ1v) is 20.9. The molecule has 316 valence electrons. The molecule has 4 amide bonds. The molecule has 2 saturated carbocycles. The minimum Gasteiger partial charge on any atom is -0.444 e. The molecule has 2 atom stereocenters. The topological polar surface area (TPSA) is 133 Å². The highest BCUT2D eigenvalue weighted by Gasteiger charge is 2.45. The molecule has 0 aromatic heterocycles. The Morgan fingerprint density at radius 1 is 0.702 bits per heavy atom. The van der Waals surface area contributed by atoms with E-state index in [2.05, 4.69) is 71.1 Å². The highest BCUT2D eigenvalue weighted by molar-refractivity contribution is 6.17. The molecular weight excluding hydrogens is 744 g/mol. The van der Waals surface area contributed by atoms with E-state index in [1.54, 1.807) is 23.6 Å². The van der Waals surface area contributed by atoms with E-state index in [0.717, 1.165) is 64.0 Å². The summed E-state index contributed by atoms with van der Waals surface area (Å²) in [5.41, 5.74) is 3.65. The molecule has 2 aromatic carbocycles. The van der Waals surface area contributed by atoms with Gasteiger partial charge in [-0.15, -0.1) is 11.6 Å². The van der Waals surface area contributed by atoms with Gasteiger partial charge in [-0.25, -0.2) is 9.59 Å². The van der Waals surface area contributed by atoms with E-state index in [-0.39, 0.29) is 41.1 Å². The summed E-state index contributed by atoms with van der Waals surface area (Å²) in [5.74, 6) is 0.597. The normalized spacial score (nSPS) is 21.0. The summed E-state index contributed by atoms with van der Waals surface area (Å²) < 4.78 is 10.8. The molecule has 57 heavy (non-hydrogen) atoms. The number of ether oxygens (including phenoxy) is 2. The van der Waals surface area contributed by atoms with Crippen LogP contribution in [0, 0.1) is 0 Å². The summed E-state index contributed by atoms with van der Waals surface area (Å²) in [5, 5.41) is 9.38. The van der Waals surface area contributed by atoms with Crippen LogP contribution in [-0.2, 0) is 42.6 Å². The Hall–Kier alpha value is -3.87. The van der Waals surface area contributed by atoms with Crippen molar-refractivity contribution in [3.8, 4) is 0 Å². The van der Waals surface area contributed by atoms with Crippen molar-refractivity contribution in [3.63, 3.8) is 0 Å². The van der Waals surface area contributed by atoms with Crippen LogP contribution in [0.3, 0.4) is 0 Å². The van der Waals surface area contributed by atoms with Crippen LogP contribution in [0.2, 0.25) is 0 Å². The van der Waals surface area contributed by atoms with E-state index in [1.165, 1.54) is 16.7 Å². The van der Waals surface area contributed by atoms with Crippen molar-refractivity contribution >= 4 is 35.6 Å². The van der Waals surface area contributed by atoms with Gasteiger partial charge in [-0.1, -0.05) is 48.5 Å². The van der Waals surface area contributed by atoms with Crippen molar-refractivity contribution in [1.82, 2.24) is 30.7 Å². The summed E-state index contributed by atoms with van der Waals surface area (Å²) in [7, 11) is 0. The molecule has 2 aromatic rings. The molecule has 2 aliphatic heterocycles. The zero-order valence-electron chi connectivity index (χ0n) is 35.9. The summed E-state index contributed by atoms with van der Waals surface area (Å²) in [6, 6.07) is 17.4. The maximum atomic E-state index is 12.3. The molecule has 2 aliphatic carbocycles. The molecule has 4 fully saturated rings. The first-order chi connectivity index (χ1) is 26.6. The van der Waals surface area contributed by atoms with Gasteiger partial charge in [-0.05, 0) is 103 Å². The molecule has 13 heteroatoms. The lowest BCUT2D eigenvalue weighted by Gasteiger charge is -2.40. The molecule has 0 spiro atoms.